The minimum atomic E-state index is -1.20. The van der Waals surface area contributed by atoms with Crippen molar-refractivity contribution >= 4 is 5.69 Å². The Hall–Kier alpha value is -2.42. The molecule has 1 aromatic heterocycles. The number of aromatic nitrogens is 3. The molecule has 0 aliphatic heterocycles. The number of nitro benzene ring substituents is 1. The molecule has 19 heavy (non-hydrogen) atoms. The summed E-state index contributed by atoms with van der Waals surface area (Å²) in [6.45, 7) is -0.442. The number of nitro groups is 1. The van der Waals surface area contributed by atoms with E-state index in [-0.39, 0.29) is 17.2 Å². The van der Waals surface area contributed by atoms with Gasteiger partial charge in [-0.25, -0.2) is 4.39 Å². The van der Waals surface area contributed by atoms with E-state index in [2.05, 4.69) is 10.2 Å². The van der Waals surface area contributed by atoms with Crippen LogP contribution in [0.15, 0.2) is 12.1 Å². The molecule has 2 aromatic rings. The summed E-state index contributed by atoms with van der Waals surface area (Å²) >= 11 is 0. The van der Waals surface area contributed by atoms with E-state index in [0.717, 1.165) is 6.07 Å². The first-order chi connectivity index (χ1) is 8.95. The molecule has 100 valence electrons. The molecule has 9 heteroatoms. The van der Waals surface area contributed by atoms with Gasteiger partial charge in [0, 0.05) is 7.05 Å². The highest BCUT2D eigenvalue weighted by Crippen LogP contribution is 2.29. The Balaban J connectivity index is 2.68. The molecule has 1 aromatic carbocycles. The molecule has 0 saturated heterocycles. The molecule has 0 aliphatic carbocycles. The van der Waals surface area contributed by atoms with Crippen molar-refractivity contribution in [2.45, 2.75) is 6.61 Å². The van der Waals surface area contributed by atoms with E-state index in [0.29, 0.717) is 6.07 Å². The van der Waals surface area contributed by atoms with Gasteiger partial charge in [-0.3, -0.25) is 10.1 Å². The third kappa shape index (κ3) is 2.15. The van der Waals surface area contributed by atoms with Crippen LogP contribution in [0.4, 0.5) is 14.5 Å². The van der Waals surface area contributed by atoms with E-state index in [1.54, 1.807) is 0 Å². The summed E-state index contributed by atoms with van der Waals surface area (Å²) in [6, 6.07) is 1.27. The van der Waals surface area contributed by atoms with Crippen molar-refractivity contribution in [1.29, 1.82) is 0 Å². The lowest BCUT2D eigenvalue weighted by Crippen LogP contribution is -2.02. The molecule has 0 spiro atoms. The quantitative estimate of drug-likeness (QED) is 0.667. The lowest BCUT2D eigenvalue weighted by atomic mass is 10.1. The molecule has 1 N–H and O–H groups in total. The van der Waals surface area contributed by atoms with Gasteiger partial charge in [0.2, 0.25) is 5.82 Å². The maximum atomic E-state index is 13.9. The first-order valence-corrected chi connectivity index (χ1v) is 5.08. The van der Waals surface area contributed by atoms with Gasteiger partial charge in [0.1, 0.15) is 12.4 Å². The van der Waals surface area contributed by atoms with Crippen molar-refractivity contribution in [3.05, 3.63) is 39.7 Å². The van der Waals surface area contributed by atoms with E-state index in [9.17, 15) is 18.9 Å². The Morgan fingerprint density at radius 1 is 1.42 bits per heavy atom. The number of halogens is 2. The van der Waals surface area contributed by atoms with Crippen LogP contribution in [0.5, 0.6) is 0 Å². The highest BCUT2D eigenvalue weighted by atomic mass is 19.1. The zero-order chi connectivity index (χ0) is 14.2. The van der Waals surface area contributed by atoms with E-state index in [1.165, 1.54) is 11.6 Å². The molecule has 0 atom stereocenters. The first-order valence-electron chi connectivity index (χ1n) is 5.08. The Bertz CT molecular complexity index is 656. The van der Waals surface area contributed by atoms with E-state index in [4.69, 9.17) is 5.11 Å². The molecule has 0 fully saturated rings. The van der Waals surface area contributed by atoms with Crippen LogP contribution < -0.4 is 0 Å². The number of nitrogens with zero attached hydrogens (tertiary/aromatic N) is 4. The van der Waals surface area contributed by atoms with Gasteiger partial charge in [-0.2, -0.15) is 4.39 Å². The van der Waals surface area contributed by atoms with Gasteiger partial charge < -0.3 is 9.67 Å². The molecule has 0 saturated carbocycles. The van der Waals surface area contributed by atoms with Crippen molar-refractivity contribution in [3.8, 4) is 11.4 Å². The van der Waals surface area contributed by atoms with Gasteiger partial charge in [0.15, 0.2) is 11.6 Å². The first kappa shape index (κ1) is 13.0. The highest BCUT2D eigenvalue weighted by Gasteiger charge is 2.24. The highest BCUT2D eigenvalue weighted by molar-refractivity contribution is 5.61. The van der Waals surface area contributed by atoms with Crippen molar-refractivity contribution in [3.63, 3.8) is 0 Å². The zero-order valence-electron chi connectivity index (χ0n) is 9.67. The molecule has 0 amide bonds. The monoisotopic (exact) mass is 270 g/mol. The van der Waals surface area contributed by atoms with Crippen LogP contribution in [0.25, 0.3) is 11.4 Å². The molecule has 1 heterocycles. The number of rotatable bonds is 3. The average molecular weight is 270 g/mol. The van der Waals surface area contributed by atoms with Crippen molar-refractivity contribution in [1.82, 2.24) is 14.8 Å². The lowest BCUT2D eigenvalue weighted by Gasteiger charge is -2.04. The normalized spacial score (nSPS) is 10.7. The van der Waals surface area contributed by atoms with Crippen LogP contribution in [-0.2, 0) is 13.7 Å². The summed E-state index contributed by atoms with van der Waals surface area (Å²) in [5.74, 6) is -2.14. The molecular formula is C10H8F2N4O3. The number of aliphatic hydroxyl groups excluding tert-OH is 1. The molecular weight excluding hydrogens is 262 g/mol. The second-order valence-corrected chi connectivity index (χ2v) is 3.70. The fraction of sp³-hybridized carbons (Fsp3) is 0.200. The summed E-state index contributed by atoms with van der Waals surface area (Å²) in [5.41, 5.74) is -1.37. The van der Waals surface area contributed by atoms with E-state index in [1.807, 2.05) is 0 Å². The van der Waals surface area contributed by atoms with Gasteiger partial charge in [0.05, 0.1) is 16.6 Å². The Morgan fingerprint density at radius 3 is 2.63 bits per heavy atom. The van der Waals surface area contributed by atoms with Crippen LogP contribution >= 0.6 is 0 Å². The van der Waals surface area contributed by atoms with Crippen molar-refractivity contribution in [2.75, 3.05) is 0 Å². The summed E-state index contributed by atoms with van der Waals surface area (Å²) in [5, 5.41) is 26.7. The SMILES string of the molecule is Cn1c(CO)nnc1-c1cc(F)cc([N+](=O)[O-])c1F. The predicted octanol–water partition coefficient (Wildman–Crippen LogP) is 1.16. The third-order valence-electron chi connectivity index (χ3n) is 2.56. The molecule has 2 rings (SSSR count). The van der Waals surface area contributed by atoms with Crippen LogP contribution in [-0.4, -0.2) is 24.8 Å². The fourth-order valence-electron chi connectivity index (χ4n) is 1.60. The topological polar surface area (TPSA) is 94.1 Å². The molecule has 0 bridgehead atoms. The number of hydrogen-bond donors (Lipinski definition) is 1. The van der Waals surface area contributed by atoms with Crippen LogP contribution in [0.2, 0.25) is 0 Å². The van der Waals surface area contributed by atoms with Gasteiger partial charge >= 0.3 is 5.69 Å². The molecule has 0 radical (unpaired) electrons. The van der Waals surface area contributed by atoms with Crippen LogP contribution in [0, 0.1) is 21.7 Å². The number of aliphatic hydroxyl groups is 1. The molecule has 0 aliphatic rings. The van der Waals surface area contributed by atoms with Crippen LogP contribution in [0.3, 0.4) is 0 Å². The largest absolute Gasteiger partial charge is 0.388 e. The number of benzene rings is 1. The maximum absolute atomic E-state index is 13.9. The predicted molar refractivity (Wildman–Crippen MR) is 58.9 cm³/mol. The summed E-state index contributed by atoms with van der Waals surface area (Å²) in [7, 11) is 1.43. The maximum Gasteiger partial charge on any atom is 0.308 e. The van der Waals surface area contributed by atoms with Gasteiger partial charge in [-0.05, 0) is 6.07 Å². The number of hydrogen-bond acceptors (Lipinski definition) is 5. The van der Waals surface area contributed by atoms with Gasteiger partial charge in [-0.15, -0.1) is 10.2 Å². The van der Waals surface area contributed by atoms with Crippen LogP contribution in [0.1, 0.15) is 5.82 Å². The summed E-state index contributed by atoms with van der Waals surface area (Å²) in [4.78, 5) is 9.60. The summed E-state index contributed by atoms with van der Waals surface area (Å²) < 4.78 is 28.5. The Morgan fingerprint density at radius 2 is 2.11 bits per heavy atom. The lowest BCUT2D eigenvalue weighted by molar-refractivity contribution is -0.387. The van der Waals surface area contributed by atoms with E-state index < -0.39 is 28.9 Å². The smallest absolute Gasteiger partial charge is 0.308 e. The van der Waals surface area contributed by atoms with Gasteiger partial charge in [-0.1, -0.05) is 0 Å². The summed E-state index contributed by atoms with van der Waals surface area (Å²) in [6.07, 6.45) is 0. The minimum Gasteiger partial charge on any atom is -0.388 e. The third-order valence-corrected chi connectivity index (χ3v) is 2.56. The van der Waals surface area contributed by atoms with Gasteiger partial charge in [0.25, 0.3) is 0 Å². The van der Waals surface area contributed by atoms with Crippen molar-refractivity contribution in [2.24, 2.45) is 7.05 Å². The van der Waals surface area contributed by atoms with E-state index >= 15 is 0 Å². The second kappa shape index (κ2) is 4.69. The Kier molecular flexibility index (Phi) is 3.21. The second-order valence-electron chi connectivity index (χ2n) is 3.70. The Labute approximate surface area is 105 Å². The van der Waals surface area contributed by atoms with Crippen molar-refractivity contribution < 1.29 is 18.8 Å². The minimum absolute atomic E-state index is 0.107. The fourth-order valence-corrected chi connectivity index (χ4v) is 1.60. The molecule has 0 unspecified atom stereocenters. The average Bonchev–Trinajstić information content (AvgIpc) is 2.72. The standard InChI is InChI=1S/C10H8F2N4O3/c1-15-8(4-17)13-14-10(15)6-2-5(11)3-7(9(6)12)16(18)19/h2-3,17H,4H2,1H3. The zero-order valence-corrected chi connectivity index (χ0v) is 9.67. The molecule has 7 nitrogen and oxygen atoms in total.